The summed E-state index contributed by atoms with van der Waals surface area (Å²) in [6.45, 7) is 1.84. The zero-order valence-electron chi connectivity index (χ0n) is 10.6. The molecular formula is C13H15FN2O3. The van der Waals surface area contributed by atoms with Gasteiger partial charge in [-0.15, -0.1) is 0 Å². The Bertz CT molecular complexity index is 517. The van der Waals surface area contributed by atoms with Crippen molar-refractivity contribution in [3.8, 4) is 5.75 Å². The SMILES string of the molecule is CCCCC(=O)Nc1cc(F)cc2c1OCC(=O)N2. The predicted octanol–water partition coefficient (Wildman–Crippen LogP) is 2.29. The van der Waals surface area contributed by atoms with E-state index in [1.807, 2.05) is 6.92 Å². The molecule has 2 rings (SSSR count). The number of benzene rings is 1. The Morgan fingerprint density at radius 2 is 2.32 bits per heavy atom. The minimum Gasteiger partial charge on any atom is -0.479 e. The lowest BCUT2D eigenvalue weighted by Crippen LogP contribution is -2.26. The van der Waals surface area contributed by atoms with E-state index in [0.717, 1.165) is 18.9 Å². The third-order valence-electron chi connectivity index (χ3n) is 2.71. The van der Waals surface area contributed by atoms with Crippen molar-refractivity contribution in [2.24, 2.45) is 0 Å². The van der Waals surface area contributed by atoms with Crippen molar-refractivity contribution in [1.29, 1.82) is 0 Å². The van der Waals surface area contributed by atoms with Crippen LogP contribution in [0.15, 0.2) is 12.1 Å². The summed E-state index contributed by atoms with van der Waals surface area (Å²) in [5, 5.41) is 5.11. The van der Waals surface area contributed by atoms with Crippen molar-refractivity contribution < 1.29 is 18.7 Å². The highest BCUT2D eigenvalue weighted by Crippen LogP contribution is 2.36. The molecule has 0 unspecified atom stereocenters. The first-order chi connectivity index (χ1) is 9.10. The maximum absolute atomic E-state index is 13.4. The van der Waals surface area contributed by atoms with E-state index >= 15 is 0 Å². The van der Waals surface area contributed by atoms with Gasteiger partial charge < -0.3 is 15.4 Å². The molecule has 6 heteroatoms. The van der Waals surface area contributed by atoms with E-state index in [-0.39, 0.29) is 29.8 Å². The molecule has 5 nitrogen and oxygen atoms in total. The van der Waals surface area contributed by atoms with Gasteiger partial charge in [0.05, 0.1) is 11.4 Å². The standard InChI is InChI=1S/C13H15FN2O3/c1-2-3-4-11(17)15-9-5-8(14)6-10-13(9)19-7-12(18)16-10/h5-6H,2-4,7H2,1H3,(H,15,17)(H,16,18). The molecule has 0 atom stereocenters. The van der Waals surface area contributed by atoms with E-state index in [2.05, 4.69) is 10.6 Å². The number of unbranched alkanes of at least 4 members (excludes halogenated alkanes) is 1. The molecule has 1 aliphatic rings. The van der Waals surface area contributed by atoms with Crippen molar-refractivity contribution in [1.82, 2.24) is 0 Å². The molecule has 2 N–H and O–H groups in total. The molecule has 1 heterocycles. The number of hydrogen-bond donors (Lipinski definition) is 2. The molecule has 0 radical (unpaired) electrons. The maximum atomic E-state index is 13.4. The summed E-state index contributed by atoms with van der Waals surface area (Å²) in [6, 6.07) is 2.34. The molecule has 0 saturated carbocycles. The van der Waals surface area contributed by atoms with E-state index < -0.39 is 5.82 Å². The molecule has 2 amide bonds. The average Bonchev–Trinajstić information content (AvgIpc) is 2.35. The Balaban J connectivity index is 2.20. The van der Waals surface area contributed by atoms with Crippen molar-refractivity contribution in [3.05, 3.63) is 17.9 Å². The summed E-state index contributed by atoms with van der Waals surface area (Å²) in [5.74, 6) is -0.794. The molecule has 0 spiro atoms. The minimum atomic E-state index is -0.546. The second-order valence-corrected chi connectivity index (χ2v) is 4.32. The van der Waals surface area contributed by atoms with E-state index in [4.69, 9.17) is 4.74 Å². The number of anilines is 2. The second kappa shape index (κ2) is 5.69. The lowest BCUT2D eigenvalue weighted by molar-refractivity contribution is -0.118. The first-order valence-corrected chi connectivity index (χ1v) is 6.16. The molecule has 19 heavy (non-hydrogen) atoms. The van der Waals surface area contributed by atoms with Gasteiger partial charge in [0.1, 0.15) is 5.82 Å². The van der Waals surface area contributed by atoms with Crippen LogP contribution >= 0.6 is 0 Å². The third kappa shape index (κ3) is 3.21. The van der Waals surface area contributed by atoms with Crippen LogP contribution in [-0.2, 0) is 9.59 Å². The fourth-order valence-electron chi connectivity index (χ4n) is 1.81. The lowest BCUT2D eigenvalue weighted by Gasteiger charge is -2.21. The number of carbonyl (C=O) groups is 2. The van der Waals surface area contributed by atoms with Gasteiger partial charge in [-0.05, 0) is 6.42 Å². The molecule has 1 aliphatic heterocycles. The molecule has 0 saturated heterocycles. The van der Waals surface area contributed by atoms with Gasteiger partial charge in [-0.1, -0.05) is 13.3 Å². The third-order valence-corrected chi connectivity index (χ3v) is 2.71. The van der Waals surface area contributed by atoms with Crippen molar-refractivity contribution in [2.45, 2.75) is 26.2 Å². The molecule has 1 aromatic rings. The number of fused-ring (bicyclic) bond motifs is 1. The quantitative estimate of drug-likeness (QED) is 0.878. The smallest absolute Gasteiger partial charge is 0.262 e. The van der Waals surface area contributed by atoms with Crippen LogP contribution in [0, 0.1) is 5.82 Å². The van der Waals surface area contributed by atoms with Crippen LogP contribution in [0.2, 0.25) is 0 Å². The normalized spacial score (nSPS) is 13.3. The molecular weight excluding hydrogens is 251 g/mol. The maximum Gasteiger partial charge on any atom is 0.262 e. The van der Waals surface area contributed by atoms with Crippen molar-refractivity contribution in [2.75, 3.05) is 17.2 Å². The molecule has 0 aliphatic carbocycles. The minimum absolute atomic E-state index is 0.142. The number of amides is 2. The average molecular weight is 266 g/mol. The number of hydrogen-bond acceptors (Lipinski definition) is 3. The van der Waals surface area contributed by atoms with Gasteiger partial charge in [0.2, 0.25) is 5.91 Å². The first kappa shape index (κ1) is 13.3. The highest BCUT2D eigenvalue weighted by molar-refractivity contribution is 5.99. The van der Waals surface area contributed by atoms with E-state index in [9.17, 15) is 14.0 Å². The van der Waals surface area contributed by atoms with E-state index in [1.165, 1.54) is 6.07 Å². The number of ether oxygens (including phenoxy) is 1. The Morgan fingerprint density at radius 1 is 1.53 bits per heavy atom. The predicted molar refractivity (Wildman–Crippen MR) is 68.7 cm³/mol. The van der Waals surface area contributed by atoms with Gasteiger partial charge in [0.25, 0.3) is 5.91 Å². The van der Waals surface area contributed by atoms with Crippen LogP contribution < -0.4 is 15.4 Å². The number of carbonyl (C=O) groups excluding carboxylic acids is 2. The second-order valence-electron chi connectivity index (χ2n) is 4.32. The van der Waals surface area contributed by atoms with Gasteiger partial charge in [-0.3, -0.25) is 9.59 Å². The summed E-state index contributed by atoms with van der Waals surface area (Å²) in [5.41, 5.74) is 0.484. The molecule has 1 aromatic carbocycles. The highest BCUT2D eigenvalue weighted by Gasteiger charge is 2.21. The van der Waals surface area contributed by atoms with Gasteiger partial charge in [0, 0.05) is 18.6 Å². The van der Waals surface area contributed by atoms with Gasteiger partial charge >= 0.3 is 0 Å². The van der Waals surface area contributed by atoms with Crippen LogP contribution in [0.5, 0.6) is 5.75 Å². The summed E-state index contributed by atoms with van der Waals surface area (Å²) in [7, 11) is 0. The van der Waals surface area contributed by atoms with Crippen LogP contribution in [0.1, 0.15) is 26.2 Å². The van der Waals surface area contributed by atoms with Gasteiger partial charge in [-0.2, -0.15) is 0 Å². The van der Waals surface area contributed by atoms with E-state index in [0.29, 0.717) is 12.2 Å². The fraction of sp³-hybridized carbons (Fsp3) is 0.385. The number of halogens is 1. The molecule has 0 bridgehead atoms. The summed E-state index contributed by atoms with van der Waals surface area (Å²) < 4.78 is 18.7. The fourth-order valence-corrected chi connectivity index (χ4v) is 1.81. The topological polar surface area (TPSA) is 67.4 Å². The number of nitrogens with one attached hydrogen (secondary N) is 2. The van der Waals surface area contributed by atoms with Crippen molar-refractivity contribution >= 4 is 23.2 Å². The molecule has 0 fully saturated rings. The van der Waals surface area contributed by atoms with Crippen LogP contribution in [0.25, 0.3) is 0 Å². The van der Waals surface area contributed by atoms with Crippen LogP contribution in [-0.4, -0.2) is 18.4 Å². The van der Waals surface area contributed by atoms with Gasteiger partial charge in [0.15, 0.2) is 12.4 Å². The zero-order valence-corrected chi connectivity index (χ0v) is 10.6. The Kier molecular flexibility index (Phi) is 3.99. The summed E-state index contributed by atoms with van der Waals surface area (Å²) in [4.78, 5) is 22.8. The first-order valence-electron chi connectivity index (χ1n) is 6.16. The Labute approximate surface area is 110 Å². The summed E-state index contributed by atoms with van der Waals surface area (Å²) in [6.07, 6.45) is 2.04. The van der Waals surface area contributed by atoms with Crippen LogP contribution in [0.3, 0.4) is 0 Å². The highest BCUT2D eigenvalue weighted by atomic mass is 19.1. The Hall–Kier alpha value is -2.11. The lowest BCUT2D eigenvalue weighted by atomic mass is 10.2. The van der Waals surface area contributed by atoms with Crippen LogP contribution in [0.4, 0.5) is 15.8 Å². The summed E-state index contributed by atoms with van der Waals surface area (Å²) >= 11 is 0. The number of rotatable bonds is 4. The molecule has 0 aromatic heterocycles. The van der Waals surface area contributed by atoms with E-state index in [1.54, 1.807) is 0 Å². The zero-order chi connectivity index (χ0) is 13.8. The van der Waals surface area contributed by atoms with Gasteiger partial charge in [-0.25, -0.2) is 4.39 Å². The monoisotopic (exact) mass is 266 g/mol. The van der Waals surface area contributed by atoms with Crippen molar-refractivity contribution in [3.63, 3.8) is 0 Å². The molecule has 102 valence electrons. The Morgan fingerprint density at radius 3 is 3.05 bits per heavy atom. The largest absolute Gasteiger partial charge is 0.479 e.